The number of hydrogen-bond acceptors (Lipinski definition) is 8. The minimum Gasteiger partial charge on any atom is -0.497 e. The van der Waals surface area contributed by atoms with Crippen LogP contribution in [0.2, 0.25) is 0 Å². The summed E-state index contributed by atoms with van der Waals surface area (Å²) >= 11 is 0. The van der Waals surface area contributed by atoms with Gasteiger partial charge in [0.15, 0.2) is 11.5 Å². The predicted octanol–water partition coefficient (Wildman–Crippen LogP) is 3.65. The van der Waals surface area contributed by atoms with Gasteiger partial charge in [0.2, 0.25) is 0 Å². The Morgan fingerprint density at radius 1 is 0.758 bits per heavy atom. The molecule has 5 rings (SSSR count). The number of para-hydroxylation sites is 1. The van der Waals surface area contributed by atoms with Crippen LogP contribution in [0.4, 0.5) is 5.69 Å². The van der Waals surface area contributed by atoms with Gasteiger partial charge >= 0.3 is 5.97 Å². The van der Waals surface area contributed by atoms with Crippen molar-refractivity contribution in [2.45, 2.75) is 0 Å². The van der Waals surface area contributed by atoms with E-state index in [2.05, 4.69) is 5.59 Å². The number of hydrazine groups is 1. The van der Waals surface area contributed by atoms with Crippen LogP contribution in [-0.4, -0.2) is 31.6 Å². The average molecular weight is 440 g/mol. The smallest absolute Gasteiger partial charge is 0.380 e. The standard InChI is InChI=1S/C25H20N4O4/c1-31-19-12-8-16(9-13-19)21-22(17-10-14-20(32-2)15-11-17)27-24(26-21)23-25(30)33-28-29(23)18-6-4-3-5-7-18/h3-15,28H,1-2H3. The van der Waals surface area contributed by atoms with Gasteiger partial charge in [0.1, 0.15) is 11.5 Å². The highest BCUT2D eigenvalue weighted by Gasteiger charge is 2.35. The first-order chi connectivity index (χ1) is 16.2. The molecule has 2 aliphatic rings. The molecule has 0 saturated carbocycles. The van der Waals surface area contributed by atoms with Crippen molar-refractivity contribution in [2.75, 3.05) is 19.2 Å². The van der Waals surface area contributed by atoms with Crippen LogP contribution in [0.25, 0.3) is 0 Å². The van der Waals surface area contributed by atoms with E-state index in [-0.39, 0.29) is 11.5 Å². The Kier molecular flexibility index (Phi) is 5.34. The van der Waals surface area contributed by atoms with Crippen LogP contribution in [0.1, 0.15) is 11.1 Å². The van der Waals surface area contributed by atoms with Crippen molar-refractivity contribution in [2.24, 2.45) is 9.98 Å². The molecule has 0 spiro atoms. The first-order valence-electron chi connectivity index (χ1n) is 10.2. The van der Waals surface area contributed by atoms with Gasteiger partial charge in [0, 0.05) is 11.1 Å². The fraction of sp³-hybridized carbons (Fsp3) is 0.0800. The van der Waals surface area contributed by atoms with E-state index in [1.807, 2.05) is 78.9 Å². The van der Waals surface area contributed by atoms with Gasteiger partial charge < -0.3 is 14.3 Å². The number of methoxy groups -OCH3 is 2. The summed E-state index contributed by atoms with van der Waals surface area (Å²) in [6, 6.07) is 24.4. The maximum atomic E-state index is 12.6. The number of hydrogen-bond donors (Lipinski definition) is 1. The molecule has 33 heavy (non-hydrogen) atoms. The Morgan fingerprint density at radius 2 is 1.27 bits per heavy atom. The monoisotopic (exact) mass is 440 g/mol. The zero-order valence-corrected chi connectivity index (χ0v) is 18.0. The first kappa shape index (κ1) is 20.5. The molecule has 0 bridgehead atoms. The molecule has 8 nitrogen and oxygen atoms in total. The summed E-state index contributed by atoms with van der Waals surface area (Å²) < 4.78 is 10.6. The lowest BCUT2D eigenvalue weighted by atomic mass is 10.00. The quantitative estimate of drug-likeness (QED) is 0.610. The molecule has 2 aliphatic heterocycles. The Hall–Kier alpha value is -4.43. The minimum atomic E-state index is -0.564. The molecule has 0 aliphatic carbocycles. The fourth-order valence-corrected chi connectivity index (χ4v) is 3.57. The van der Waals surface area contributed by atoms with Crippen LogP contribution in [0.15, 0.2) is 100 Å². The number of aliphatic imine (C=N–C) groups is 2. The van der Waals surface area contributed by atoms with Crippen LogP contribution in [0.5, 0.6) is 11.5 Å². The van der Waals surface area contributed by atoms with Crippen LogP contribution < -0.4 is 20.1 Å². The van der Waals surface area contributed by atoms with Gasteiger partial charge in [-0.15, -0.1) is 0 Å². The summed E-state index contributed by atoms with van der Waals surface area (Å²) in [6.07, 6.45) is 0. The molecule has 0 unspecified atom stereocenters. The molecule has 1 saturated heterocycles. The minimum absolute atomic E-state index is 0.204. The molecule has 0 amide bonds. The van der Waals surface area contributed by atoms with E-state index in [0.717, 1.165) is 28.3 Å². The summed E-state index contributed by atoms with van der Waals surface area (Å²) in [4.78, 5) is 27.3. The lowest BCUT2D eigenvalue weighted by Crippen LogP contribution is -2.29. The predicted molar refractivity (Wildman–Crippen MR) is 124 cm³/mol. The highest BCUT2D eigenvalue weighted by molar-refractivity contribution is 6.55. The molecule has 2 heterocycles. The highest BCUT2D eigenvalue weighted by atomic mass is 16.7. The van der Waals surface area contributed by atoms with E-state index >= 15 is 0 Å². The summed E-state index contributed by atoms with van der Waals surface area (Å²) in [7, 11) is 3.23. The first-order valence-corrected chi connectivity index (χ1v) is 10.2. The summed E-state index contributed by atoms with van der Waals surface area (Å²) in [5.41, 5.74) is 6.52. The molecule has 3 aromatic carbocycles. The highest BCUT2D eigenvalue weighted by Crippen LogP contribution is 2.30. The third kappa shape index (κ3) is 3.83. The molecule has 0 aromatic heterocycles. The second-order valence-electron chi connectivity index (χ2n) is 7.20. The van der Waals surface area contributed by atoms with Crippen molar-refractivity contribution in [3.05, 3.63) is 102 Å². The van der Waals surface area contributed by atoms with Crippen molar-refractivity contribution >= 4 is 23.1 Å². The number of nitrogens with one attached hydrogen (secondary N) is 1. The molecule has 3 aromatic rings. The molecule has 0 radical (unpaired) electrons. The van der Waals surface area contributed by atoms with Crippen LogP contribution >= 0.6 is 0 Å². The van der Waals surface area contributed by atoms with E-state index in [1.165, 1.54) is 5.01 Å². The van der Waals surface area contributed by atoms with Gasteiger partial charge in [-0.2, -0.15) is 0 Å². The third-order valence-corrected chi connectivity index (χ3v) is 5.26. The van der Waals surface area contributed by atoms with Crippen LogP contribution in [-0.2, 0) is 9.63 Å². The Bertz CT molecular complexity index is 1210. The Balaban J connectivity index is 1.65. The number of ether oxygens (including phenoxy) is 2. The normalized spacial score (nSPS) is 15.3. The van der Waals surface area contributed by atoms with E-state index in [4.69, 9.17) is 24.3 Å². The van der Waals surface area contributed by atoms with Gasteiger partial charge in [-0.3, -0.25) is 0 Å². The van der Waals surface area contributed by atoms with Gasteiger partial charge in [0.05, 0.1) is 31.3 Å². The van der Waals surface area contributed by atoms with Crippen LogP contribution in [0, 0.1) is 0 Å². The topological polar surface area (TPSA) is 84.8 Å². The average Bonchev–Trinajstić information content (AvgIpc) is 3.48. The number of anilines is 1. The van der Waals surface area contributed by atoms with Gasteiger partial charge in [-0.1, -0.05) is 23.8 Å². The maximum Gasteiger partial charge on any atom is 0.380 e. The SMILES string of the molecule is COc1ccc(C2=NC(=C3C(=O)ONN3c3ccccc3)N=C2c2ccc(OC)cc2)cc1. The summed E-state index contributed by atoms with van der Waals surface area (Å²) in [5.74, 6) is 1.16. The van der Waals surface area contributed by atoms with E-state index in [1.54, 1.807) is 14.2 Å². The van der Waals surface area contributed by atoms with Crippen molar-refractivity contribution in [3.63, 3.8) is 0 Å². The zero-order valence-electron chi connectivity index (χ0n) is 18.0. The molecular formula is C25H20N4O4. The maximum absolute atomic E-state index is 12.6. The van der Waals surface area contributed by atoms with Gasteiger partial charge in [-0.05, 0) is 60.7 Å². The Morgan fingerprint density at radius 3 is 1.76 bits per heavy atom. The van der Waals surface area contributed by atoms with E-state index in [0.29, 0.717) is 11.4 Å². The molecule has 0 atom stereocenters. The molecule has 164 valence electrons. The van der Waals surface area contributed by atoms with Crippen molar-refractivity contribution in [1.29, 1.82) is 0 Å². The van der Waals surface area contributed by atoms with Crippen molar-refractivity contribution in [3.8, 4) is 11.5 Å². The van der Waals surface area contributed by atoms with Crippen LogP contribution in [0.3, 0.4) is 0 Å². The van der Waals surface area contributed by atoms with E-state index in [9.17, 15) is 4.79 Å². The largest absolute Gasteiger partial charge is 0.497 e. The van der Waals surface area contributed by atoms with Crippen molar-refractivity contribution < 1.29 is 19.1 Å². The summed E-state index contributed by atoms with van der Waals surface area (Å²) in [5, 5.41) is 1.53. The molecule has 1 fully saturated rings. The fourth-order valence-electron chi connectivity index (χ4n) is 3.57. The zero-order chi connectivity index (χ0) is 22.8. The lowest BCUT2D eigenvalue weighted by molar-refractivity contribution is -0.140. The van der Waals surface area contributed by atoms with E-state index < -0.39 is 5.97 Å². The third-order valence-electron chi connectivity index (χ3n) is 5.26. The number of nitrogens with zero attached hydrogens (tertiary/aromatic N) is 3. The second-order valence-corrected chi connectivity index (χ2v) is 7.20. The number of carbonyl (C=O) groups is 1. The second kappa shape index (κ2) is 8.60. The molecule has 8 heteroatoms. The summed E-state index contributed by atoms with van der Waals surface area (Å²) in [6.45, 7) is 0. The number of carbonyl (C=O) groups excluding carboxylic acids is 1. The lowest BCUT2D eigenvalue weighted by Gasteiger charge is -2.15. The molecular weight excluding hydrogens is 420 g/mol. The number of benzene rings is 3. The Labute approximate surface area is 190 Å². The number of rotatable bonds is 5. The van der Waals surface area contributed by atoms with Gasteiger partial charge in [0.25, 0.3) is 0 Å². The molecule has 1 N–H and O–H groups in total. The van der Waals surface area contributed by atoms with Gasteiger partial charge in [-0.25, -0.2) is 19.8 Å². The van der Waals surface area contributed by atoms with Crippen molar-refractivity contribution in [1.82, 2.24) is 5.59 Å².